The van der Waals surface area contributed by atoms with Gasteiger partial charge in [0.05, 0.1) is 16.7 Å². The van der Waals surface area contributed by atoms with Crippen LogP contribution in [0.25, 0.3) is 0 Å². The second-order valence-electron chi connectivity index (χ2n) is 9.27. The predicted octanol–water partition coefficient (Wildman–Crippen LogP) is 6.53. The van der Waals surface area contributed by atoms with E-state index in [1.54, 1.807) is 0 Å². The van der Waals surface area contributed by atoms with Gasteiger partial charge in [0.1, 0.15) is 5.75 Å². The van der Waals surface area contributed by atoms with Crippen molar-refractivity contribution in [3.8, 4) is 5.75 Å². The molecule has 0 N–H and O–H groups in total. The van der Waals surface area contributed by atoms with Crippen molar-refractivity contribution in [3.05, 3.63) is 63.1 Å². The van der Waals surface area contributed by atoms with E-state index in [1.807, 2.05) is 12.1 Å². The quantitative estimate of drug-likeness (QED) is 0.457. The first kappa shape index (κ1) is 21.6. The topological polar surface area (TPSA) is 15.7 Å². The summed E-state index contributed by atoms with van der Waals surface area (Å²) >= 11 is 12.5. The van der Waals surface area contributed by atoms with E-state index in [0.717, 1.165) is 31.9 Å². The second kappa shape index (κ2) is 9.70. The maximum atomic E-state index is 6.35. The maximum Gasteiger partial charge on any atom is 0.119 e. The first-order valence-corrected chi connectivity index (χ1v) is 12.6. The maximum absolute atomic E-state index is 6.35. The Morgan fingerprint density at radius 1 is 0.871 bits per heavy atom. The molecule has 0 bridgehead atoms. The van der Waals surface area contributed by atoms with Crippen molar-refractivity contribution in [2.24, 2.45) is 0 Å². The van der Waals surface area contributed by atoms with E-state index in [0.29, 0.717) is 22.0 Å². The Balaban J connectivity index is 1.31. The molecule has 3 heterocycles. The van der Waals surface area contributed by atoms with Crippen LogP contribution in [-0.2, 0) is 0 Å². The van der Waals surface area contributed by atoms with Gasteiger partial charge in [0.15, 0.2) is 0 Å². The molecule has 0 spiro atoms. The molecule has 31 heavy (non-hydrogen) atoms. The lowest BCUT2D eigenvalue weighted by molar-refractivity contribution is 0.204. The Hall–Kier alpha value is -1.26. The highest BCUT2D eigenvalue weighted by Gasteiger charge is 2.36. The predicted molar refractivity (Wildman–Crippen MR) is 129 cm³/mol. The molecule has 5 heteroatoms. The number of fused-ring (bicyclic) bond motifs is 3. The molecule has 3 aliphatic heterocycles. The van der Waals surface area contributed by atoms with E-state index in [4.69, 9.17) is 27.9 Å². The van der Waals surface area contributed by atoms with Crippen LogP contribution < -0.4 is 4.74 Å². The van der Waals surface area contributed by atoms with Crippen molar-refractivity contribution < 1.29 is 4.74 Å². The Morgan fingerprint density at radius 2 is 1.74 bits per heavy atom. The summed E-state index contributed by atoms with van der Waals surface area (Å²) in [6, 6.07) is 13.4. The van der Waals surface area contributed by atoms with E-state index in [1.165, 1.54) is 68.4 Å². The van der Waals surface area contributed by atoms with E-state index in [2.05, 4.69) is 34.1 Å². The molecule has 3 aliphatic rings. The smallest absolute Gasteiger partial charge is 0.119 e. The zero-order chi connectivity index (χ0) is 21.2. The molecule has 0 aromatic heterocycles. The van der Waals surface area contributed by atoms with Crippen LogP contribution in [0, 0.1) is 0 Å². The summed E-state index contributed by atoms with van der Waals surface area (Å²) < 4.78 is 6.20. The largest absolute Gasteiger partial charge is 0.494 e. The lowest BCUT2D eigenvalue weighted by Gasteiger charge is -2.38. The van der Waals surface area contributed by atoms with Gasteiger partial charge in [-0.2, -0.15) is 0 Å². The van der Waals surface area contributed by atoms with Crippen LogP contribution in [0.15, 0.2) is 36.4 Å². The minimum Gasteiger partial charge on any atom is -0.494 e. The molecule has 2 saturated heterocycles. The van der Waals surface area contributed by atoms with Gasteiger partial charge in [0.25, 0.3) is 0 Å². The summed E-state index contributed by atoms with van der Waals surface area (Å²) in [7, 11) is 0. The molecule has 0 radical (unpaired) electrons. The second-order valence-corrected chi connectivity index (χ2v) is 10.1. The molecule has 2 aromatic carbocycles. The van der Waals surface area contributed by atoms with Crippen molar-refractivity contribution in [2.45, 2.75) is 50.5 Å². The van der Waals surface area contributed by atoms with Gasteiger partial charge in [-0.25, -0.2) is 0 Å². The van der Waals surface area contributed by atoms with Crippen LogP contribution in [-0.4, -0.2) is 49.1 Å². The number of hydrogen-bond acceptors (Lipinski definition) is 3. The highest BCUT2D eigenvalue weighted by Crippen LogP contribution is 2.45. The summed E-state index contributed by atoms with van der Waals surface area (Å²) in [6.45, 7) is 6.67. The Labute approximate surface area is 196 Å². The third-order valence-corrected chi connectivity index (χ3v) is 7.99. The Morgan fingerprint density at radius 3 is 2.58 bits per heavy atom. The standard InChI is InChI=1S/C26H32Cl2N2O/c27-24-10-7-19(16-25(24)28)23-18-30-14-4-6-26(30)22-17-20(8-9-21(22)23)31-15-5-13-29-11-2-1-3-12-29/h7-10,16-17,23,26H,1-6,11-15,18H2/t23-,26+/m0/s1. The van der Waals surface area contributed by atoms with E-state index in [9.17, 15) is 0 Å². The molecule has 0 saturated carbocycles. The summed E-state index contributed by atoms with van der Waals surface area (Å²) in [4.78, 5) is 5.22. The number of likely N-dealkylation sites (tertiary alicyclic amines) is 1. The van der Waals surface area contributed by atoms with Crippen molar-refractivity contribution in [3.63, 3.8) is 0 Å². The number of piperidine rings is 1. The highest BCUT2D eigenvalue weighted by molar-refractivity contribution is 6.42. The normalized spacial score (nSPS) is 24.1. The van der Waals surface area contributed by atoms with Crippen molar-refractivity contribution in [1.29, 1.82) is 0 Å². The number of hydrogen-bond donors (Lipinski definition) is 0. The molecule has 2 atom stereocenters. The SMILES string of the molecule is Clc1ccc([C@@H]2CN3CCC[C@@H]3c3cc(OCCCN4CCCCC4)ccc32)cc1Cl. The highest BCUT2D eigenvalue weighted by atomic mass is 35.5. The van der Waals surface area contributed by atoms with Crippen molar-refractivity contribution in [1.82, 2.24) is 9.80 Å². The molecule has 0 aliphatic carbocycles. The average molecular weight is 459 g/mol. The van der Waals surface area contributed by atoms with Crippen LogP contribution in [0.3, 0.4) is 0 Å². The fourth-order valence-electron chi connectivity index (χ4n) is 5.65. The fourth-order valence-corrected chi connectivity index (χ4v) is 5.96. The zero-order valence-corrected chi connectivity index (χ0v) is 19.7. The summed E-state index contributed by atoms with van der Waals surface area (Å²) in [5.74, 6) is 1.34. The van der Waals surface area contributed by atoms with Crippen LogP contribution in [0.4, 0.5) is 0 Å². The monoisotopic (exact) mass is 458 g/mol. The van der Waals surface area contributed by atoms with Gasteiger partial charge in [-0.05, 0) is 92.7 Å². The summed E-state index contributed by atoms with van der Waals surface area (Å²) in [5.41, 5.74) is 4.10. The van der Waals surface area contributed by atoms with Gasteiger partial charge < -0.3 is 9.64 Å². The summed E-state index contributed by atoms with van der Waals surface area (Å²) in [6.07, 6.45) is 7.69. The zero-order valence-electron chi connectivity index (χ0n) is 18.2. The molecule has 166 valence electrons. The van der Waals surface area contributed by atoms with Crippen molar-refractivity contribution in [2.75, 3.05) is 39.3 Å². The lowest BCUT2D eigenvalue weighted by Crippen LogP contribution is -2.34. The van der Waals surface area contributed by atoms with Gasteiger partial charge in [0.2, 0.25) is 0 Å². The van der Waals surface area contributed by atoms with E-state index >= 15 is 0 Å². The molecule has 5 rings (SSSR count). The molecular weight excluding hydrogens is 427 g/mol. The molecule has 0 unspecified atom stereocenters. The van der Waals surface area contributed by atoms with E-state index < -0.39 is 0 Å². The molecule has 2 fully saturated rings. The number of rotatable bonds is 6. The lowest BCUT2D eigenvalue weighted by atomic mass is 9.81. The third kappa shape index (κ3) is 4.75. The molecule has 3 nitrogen and oxygen atoms in total. The van der Waals surface area contributed by atoms with Crippen molar-refractivity contribution >= 4 is 23.2 Å². The van der Waals surface area contributed by atoms with Crippen LogP contribution in [0.2, 0.25) is 10.0 Å². The number of benzene rings is 2. The van der Waals surface area contributed by atoms with Crippen LogP contribution in [0.1, 0.15) is 67.2 Å². The Kier molecular flexibility index (Phi) is 6.75. The van der Waals surface area contributed by atoms with Gasteiger partial charge in [-0.3, -0.25) is 4.90 Å². The van der Waals surface area contributed by atoms with Gasteiger partial charge in [0, 0.05) is 25.0 Å². The molecule has 0 amide bonds. The van der Waals surface area contributed by atoms with Crippen LogP contribution in [0.5, 0.6) is 5.75 Å². The number of ether oxygens (including phenoxy) is 1. The minimum atomic E-state index is 0.326. The first-order chi connectivity index (χ1) is 15.2. The van der Waals surface area contributed by atoms with E-state index in [-0.39, 0.29) is 0 Å². The molecule has 2 aromatic rings. The van der Waals surface area contributed by atoms with Gasteiger partial charge in [-0.15, -0.1) is 0 Å². The third-order valence-electron chi connectivity index (χ3n) is 7.26. The molecular formula is C26H32Cl2N2O. The Bertz CT molecular complexity index is 912. The first-order valence-electron chi connectivity index (χ1n) is 11.9. The number of nitrogens with zero attached hydrogens (tertiary/aromatic N) is 2. The average Bonchev–Trinajstić information content (AvgIpc) is 3.28. The van der Waals surface area contributed by atoms with Gasteiger partial charge >= 0.3 is 0 Å². The van der Waals surface area contributed by atoms with Crippen LogP contribution >= 0.6 is 23.2 Å². The fraction of sp³-hybridized carbons (Fsp3) is 0.538. The summed E-state index contributed by atoms with van der Waals surface area (Å²) in [5, 5.41) is 1.26. The minimum absolute atomic E-state index is 0.326. The number of halogens is 2. The van der Waals surface area contributed by atoms with Gasteiger partial charge in [-0.1, -0.05) is 41.8 Å².